The molecule has 4 nitrogen and oxygen atoms in total. The quantitative estimate of drug-likeness (QED) is 0.176. The molecule has 5 aromatic heterocycles. The molecule has 0 fully saturated rings. The second kappa shape index (κ2) is 12.6. The van der Waals surface area contributed by atoms with E-state index in [1.54, 1.807) is 0 Å². The number of benzene rings is 7. The molecule has 12 aromatic rings. The first-order valence-corrected chi connectivity index (χ1v) is 20.1. The van der Waals surface area contributed by atoms with E-state index in [0.29, 0.717) is 0 Å². The van der Waals surface area contributed by atoms with Crippen molar-refractivity contribution in [3.63, 3.8) is 0 Å². The zero-order valence-corrected chi connectivity index (χ0v) is 31.5. The van der Waals surface area contributed by atoms with Crippen LogP contribution in [0.4, 0.5) is 0 Å². The van der Waals surface area contributed by atoms with Crippen LogP contribution >= 0.6 is 11.3 Å². The summed E-state index contributed by atoms with van der Waals surface area (Å²) in [6.45, 7) is 0. The Kier molecular flexibility index (Phi) is 7.06. The fourth-order valence-corrected chi connectivity index (χ4v) is 9.89. The van der Waals surface area contributed by atoms with Gasteiger partial charge in [-0.2, -0.15) is 0 Å². The van der Waals surface area contributed by atoms with Gasteiger partial charge in [0, 0.05) is 64.1 Å². The Balaban J connectivity index is 1.04. The van der Waals surface area contributed by atoms with Crippen LogP contribution in [0.5, 0.6) is 0 Å². The summed E-state index contributed by atoms with van der Waals surface area (Å²) in [5.74, 6) is 0.898. The van der Waals surface area contributed by atoms with E-state index in [9.17, 15) is 0 Å². The van der Waals surface area contributed by atoms with Crippen molar-refractivity contribution in [2.24, 2.45) is 0 Å². The molecule has 5 heterocycles. The van der Waals surface area contributed by atoms with Crippen LogP contribution in [0.25, 0.3) is 109 Å². The van der Waals surface area contributed by atoms with E-state index < -0.39 is 0 Å². The maximum absolute atomic E-state index is 5.37. The first-order chi connectivity index (χ1) is 28.3. The van der Waals surface area contributed by atoms with Crippen molar-refractivity contribution in [2.75, 3.05) is 0 Å². The minimum atomic E-state index is 0.898. The molecule has 0 radical (unpaired) electrons. The normalized spacial score (nSPS) is 11.9. The molecule has 0 amide bonds. The van der Waals surface area contributed by atoms with E-state index in [2.05, 4.69) is 197 Å². The minimum absolute atomic E-state index is 0.898. The minimum Gasteiger partial charge on any atom is -0.309 e. The van der Waals surface area contributed by atoms with Gasteiger partial charge in [0.05, 0.1) is 39.1 Å². The van der Waals surface area contributed by atoms with Gasteiger partial charge in [0.2, 0.25) is 0 Å². The van der Waals surface area contributed by atoms with Gasteiger partial charge in [-0.25, -0.2) is 9.97 Å². The van der Waals surface area contributed by atoms with Crippen LogP contribution in [-0.2, 0) is 0 Å². The lowest BCUT2D eigenvalue weighted by molar-refractivity contribution is 1.08. The summed E-state index contributed by atoms with van der Waals surface area (Å²) in [4.78, 5) is 10.5. The van der Waals surface area contributed by atoms with Gasteiger partial charge in [-0.05, 0) is 78.9 Å². The number of thiophene rings is 1. The standard InChI is InChI=1S/C52H32N4S/c1-2-13-33(14-3-1)41-20-11-21-42(53-41)34-15-10-16-36(31-34)55-44-23-7-4-18-38(44)51-46(55)28-29-47-52(51)39-19-5-8-24-45(39)56(47)50-26-12-22-43(54-50)35-27-30-49-40(32-35)37-17-6-9-25-48(37)57-49/h1-32H. The molecule has 5 heteroatoms. The van der Waals surface area contributed by atoms with Gasteiger partial charge in [0.15, 0.2) is 0 Å². The third-order valence-corrected chi connectivity index (χ3v) is 12.5. The number of hydrogen-bond acceptors (Lipinski definition) is 3. The topological polar surface area (TPSA) is 35.6 Å². The summed E-state index contributed by atoms with van der Waals surface area (Å²) in [6, 6.07) is 69.3. The number of rotatable bonds is 5. The van der Waals surface area contributed by atoms with Crippen LogP contribution in [0.15, 0.2) is 194 Å². The second-order valence-electron chi connectivity index (χ2n) is 14.6. The Bertz CT molecular complexity index is 3530. The lowest BCUT2D eigenvalue weighted by Gasteiger charge is -2.11. The van der Waals surface area contributed by atoms with Gasteiger partial charge < -0.3 is 4.57 Å². The maximum atomic E-state index is 5.37. The van der Waals surface area contributed by atoms with Gasteiger partial charge in [-0.1, -0.05) is 115 Å². The predicted molar refractivity (Wildman–Crippen MR) is 240 cm³/mol. The predicted octanol–water partition coefficient (Wildman–Crippen LogP) is 14.0. The molecule has 0 aliphatic heterocycles. The molecule has 57 heavy (non-hydrogen) atoms. The Morgan fingerprint density at radius 1 is 0.333 bits per heavy atom. The first kappa shape index (κ1) is 32.0. The van der Waals surface area contributed by atoms with Crippen LogP contribution in [0.2, 0.25) is 0 Å². The van der Waals surface area contributed by atoms with Crippen molar-refractivity contribution in [3.05, 3.63) is 194 Å². The highest BCUT2D eigenvalue weighted by Gasteiger charge is 2.21. The number of aromatic nitrogens is 4. The molecule has 12 rings (SSSR count). The molecule has 0 saturated heterocycles. The Hall–Kier alpha value is -7.34. The Morgan fingerprint density at radius 3 is 1.68 bits per heavy atom. The number of pyridine rings is 2. The number of para-hydroxylation sites is 2. The van der Waals surface area contributed by atoms with Gasteiger partial charge in [0.25, 0.3) is 0 Å². The van der Waals surface area contributed by atoms with Crippen LogP contribution in [0.3, 0.4) is 0 Å². The highest BCUT2D eigenvalue weighted by molar-refractivity contribution is 7.25. The molecule has 7 aromatic carbocycles. The maximum Gasteiger partial charge on any atom is 0.138 e. The highest BCUT2D eigenvalue weighted by Crippen LogP contribution is 2.43. The average molecular weight is 745 g/mol. The summed E-state index contributed by atoms with van der Waals surface area (Å²) < 4.78 is 7.35. The molecule has 0 aliphatic rings. The smallest absolute Gasteiger partial charge is 0.138 e. The molecule has 0 spiro atoms. The summed E-state index contributed by atoms with van der Waals surface area (Å²) in [5.41, 5.74) is 11.8. The van der Waals surface area contributed by atoms with Crippen molar-refractivity contribution in [2.45, 2.75) is 0 Å². The average Bonchev–Trinajstić information content (AvgIpc) is 3.94. The van der Waals surface area contributed by atoms with E-state index in [4.69, 9.17) is 9.97 Å². The first-order valence-electron chi connectivity index (χ1n) is 19.2. The molecule has 0 atom stereocenters. The lowest BCUT2D eigenvalue weighted by Crippen LogP contribution is -1.98. The van der Waals surface area contributed by atoms with Gasteiger partial charge in [-0.3, -0.25) is 4.57 Å². The van der Waals surface area contributed by atoms with Crippen molar-refractivity contribution in [1.29, 1.82) is 0 Å². The van der Waals surface area contributed by atoms with Crippen LogP contribution < -0.4 is 0 Å². The number of fused-ring (bicyclic) bond motifs is 10. The summed E-state index contributed by atoms with van der Waals surface area (Å²) in [6.07, 6.45) is 0. The molecule has 0 unspecified atom stereocenters. The second-order valence-corrected chi connectivity index (χ2v) is 15.7. The summed E-state index contributed by atoms with van der Waals surface area (Å²) >= 11 is 1.84. The largest absolute Gasteiger partial charge is 0.309 e. The van der Waals surface area contributed by atoms with Crippen molar-refractivity contribution >= 4 is 75.1 Å². The van der Waals surface area contributed by atoms with E-state index >= 15 is 0 Å². The van der Waals surface area contributed by atoms with E-state index in [1.165, 1.54) is 41.7 Å². The fourth-order valence-electron chi connectivity index (χ4n) is 8.81. The van der Waals surface area contributed by atoms with Crippen molar-refractivity contribution in [3.8, 4) is 45.3 Å². The van der Waals surface area contributed by atoms with Crippen molar-refractivity contribution < 1.29 is 0 Å². The zero-order chi connectivity index (χ0) is 37.5. The molecule has 266 valence electrons. The molecule has 0 aliphatic carbocycles. The lowest BCUT2D eigenvalue weighted by atomic mass is 10.1. The number of hydrogen-bond donors (Lipinski definition) is 0. The van der Waals surface area contributed by atoms with Crippen molar-refractivity contribution in [1.82, 2.24) is 19.1 Å². The zero-order valence-electron chi connectivity index (χ0n) is 30.7. The SMILES string of the molecule is c1ccc(-c2cccc(-c3cccc(-n4c5ccccc5c5c6c7ccccc7n(-c7cccc(-c8ccc9sc%10ccccc%10c9c8)n7)c6ccc54)c3)n2)cc1. The van der Waals surface area contributed by atoms with E-state index in [0.717, 1.165) is 67.3 Å². The monoisotopic (exact) mass is 744 g/mol. The van der Waals surface area contributed by atoms with Crippen LogP contribution in [-0.4, -0.2) is 19.1 Å². The van der Waals surface area contributed by atoms with Gasteiger partial charge >= 0.3 is 0 Å². The third kappa shape index (κ3) is 4.99. The molecule has 0 saturated carbocycles. The van der Waals surface area contributed by atoms with Gasteiger partial charge in [-0.15, -0.1) is 11.3 Å². The fraction of sp³-hybridized carbons (Fsp3) is 0. The highest BCUT2D eigenvalue weighted by atomic mass is 32.1. The number of nitrogens with zero attached hydrogens (tertiary/aromatic N) is 4. The molecule has 0 N–H and O–H groups in total. The Labute approximate surface area is 332 Å². The molecular weight excluding hydrogens is 713 g/mol. The Morgan fingerprint density at radius 2 is 0.895 bits per heavy atom. The summed E-state index contributed by atoms with van der Waals surface area (Å²) in [5, 5.41) is 7.45. The van der Waals surface area contributed by atoms with Gasteiger partial charge in [0.1, 0.15) is 5.82 Å². The van der Waals surface area contributed by atoms with Crippen LogP contribution in [0, 0.1) is 0 Å². The van der Waals surface area contributed by atoms with E-state index in [-0.39, 0.29) is 0 Å². The van der Waals surface area contributed by atoms with E-state index in [1.807, 2.05) is 17.4 Å². The molecular formula is C52H32N4S. The molecule has 0 bridgehead atoms. The third-order valence-electron chi connectivity index (χ3n) is 11.3. The summed E-state index contributed by atoms with van der Waals surface area (Å²) in [7, 11) is 0. The van der Waals surface area contributed by atoms with Crippen LogP contribution in [0.1, 0.15) is 0 Å².